The predicted octanol–water partition coefficient (Wildman–Crippen LogP) is 5.92. The molecule has 0 amide bonds. The molecule has 0 radical (unpaired) electrons. The number of aldehydes is 1. The molecule has 1 saturated carbocycles. The lowest BCUT2D eigenvalue weighted by molar-refractivity contribution is -0.119. The molecule has 0 aromatic rings. The summed E-state index contributed by atoms with van der Waals surface area (Å²) in [6.45, 7) is 10.9. The van der Waals surface area contributed by atoms with Gasteiger partial charge in [-0.25, -0.2) is 0 Å². The molecule has 0 aromatic heterocycles. The third-order valence-corrected chi connectivity index (χ3v) is 6.94. The molecule has 1 fully saturated rings. The fourth-order valence-electron chi connectivity index (χ4n) is 5.39. The molecule has 0 heterocycles. The predicted molar refractivity (Wildman–Crippen MR) is 111 cm³/mol. The van der Waals surface area contributed by atoms with Crippen LogP contribution in [0.5, 0.6) is 0 Å². The van der Waals surface area contributed by atoms with E-state index in [1.54, 1.807) is 6.08 Å². The van der Waals surface area contributed by atoms with Crippen LogP contribution in [-0.2, 0) is 9.59 Å². The Morgan fingerprint density at radius 2 is 2.00 bits per heavy atom. The Kier molecular flexibility index (Phi) is 5.55. The largest absolute Gasteiger partial charge is 0.298 e. The molecule has 0 unspecified atom stereocenters. The third-order valence-electron chi connectivity index (χ3n) is 6.94. The average Bonchev–Trinajstić information content (AvgIpc) is 3.04. The van der Waals surface area contributed by atoms with Crippen LogP contribution in [0.15, 0.2) is 58.2 Å². The molecule has 27 heavy (non-hydrogen) atoms. The molecule has 3 aliphatic carbocycles. The Morgan fingerprint density at radius 3 is 2.67 bits per heavy atom. The van der Waals surface area contributed by atoms with Gasteiger partial charge in [0.15, 0.2) is 5.78 Å². The summed E-state index contributed by atoms with van der Waals surface area (Å²) in [4.78, 5) is 24.2. The van der Waals surface area contributed by atoms with Crippen LogP contribution in [0.3, 0.4) is 0 Å². The molecule has 0 spiro atoms. The highest BCUT2D eigenvalue weighted by molar-refractivity contribution is 6.01. The lowest BCUT2D eigenvalue weighted by Crippen LogP contribution is -2.32. The van der Waals surface area contributed by atoms with Crippen molar-refractivity contribution in [3.05, 3.63) is 58.2 Å². The standard InChI is InChI=1S/C25H32O2/c1-16(2)7-6-8-17(3)20-11-12-25(5)14-21-18(4)13-23(27)24(21)19(15-26)9-10-22(20)25/h6-9,13,15,21-22,24H,10-12,14H2,1-5H3/b8-6+,19-9?,20-17-/t21-,22+,24-,25-/m1/s1. The first-order chi connectivity index (χ1) is 12.8. The first-order valence-electron chi connectivity index (χ1n) is 10.2. The summed E-state index contributed by atoms with van der Waals surface area (Å²) in [5, 5.41) is 0. The van der Waals surface area contributed by atoms with Crippen LogP contribution >= 0.6 is 0 Å². The summed E-state index contributed by atoms with van der Waals surface area (Å²) in [6, 6.07) is 0. The molecule has 2 heteroatoms. The number of carbonyl (C=O) groups excluding carboxylic acids is 2. The second-order valence-corrected chi connectivity index (χ2v) is 9.15. The molecule has 0 saturated heterocycles. The van der Waals surface area contributed by atoms with Gasteiger partial charge in [-0.05, 0) is 82.3 Å². The van der Waals surface area contributed by atoms with Gasteiger partial charge in [-0.2, -0.15) is 0 Å². The summed E-state index contributed by atoms with van der Waals surface area (Å²) in [6.07, 6.45) is 15.4. The van der Waals surface area contributed by atoms with Crippen molar-refractivity contribution in [2.24, 2.45) is 23.2 Å². The summed E-state index contributed by atoms with van der Waals surface area (Å²) < 4.78 is 0. The van der Waals surface area contributed by atoms with Crippen molar-refractivity contribution in [3.63, 3.8) is 0 Å². The van der Waals surface area contributed by atoms with Crippen molar-refractivity contribution in [2.45, 2.75) is 60.3 Å². The lowest BCUT2D eigenvalue weighted by Gasteiger charge is -2.38. The molecule has 0 aliphatic heterocycles. The van der Waals surface area contributed by atoms with Gasteiger partial charge < -0.3 is 0 Å². The van der Waals surface area contributed by atoms with Gasteiger partial charge in [0.1, 0.15) is 6.29 Å². The number of ketones is 1. The van der Waals surface area contributed by atoms with Crippen molar-refractivity contribution in [2.75, 3.05) is 0 Å². The van der Waals surface area contributed by atoms with Crippen molar-refractivity contribution >= 4 is 12.1 Å². The van der Waals surface area contributed by atoms with Gasteiger partial charge in [-0.3, -0.25) is 9.59 Å². The molecule has 144 valence electrons. The highest BCUT2D eigenvalue weighted by Crippen LogP contribution is 2.56. The molecule has 3 rings (SSSR count). The molecule has 0 bridgehead atoms. The third kappa shape index (κ3) is 3.72. The molecule has 4 atom stereocenters. The zero-order chi connectivity index (χ0) is 19.8. The van der Waals surface area contributed by atoms with E-state index in [9.17, 15) is 9.59 Å². The second kappa shape index (κ2) is 7.58. The minimum absolute atomic E-state index is 0.118. The van der Waals surface area contributed by atoms with Gasteiger partial charge in [0.05, 0.1) is 5.92 Å². The van der Waals surface area contributed by atoms with Crippen molar-refractivity contribution in [3.8, 4) is 0 Å². The highest BCUT2D eigenvalue weighted by atomic mass is 16.1. The number of allylic oxidation sites excluding steroid dienone is 10. The van der Waals surface area contributed by atoms with Crippen molar-refractivity contribution in [1.29, 1.82) is 0 Å². The first-order valence-corrected chi connectivity index (χ1v) is 10.2. The van der Waals surface area contributed by atoms with E-state index >= 15 is 0 Å². The van der Waals surface area contributed by atoms with Crippen LogP contribution in [0.2, 0.25) is 0 Å². The Labute approximate surface area is 163 Å². The zero-order valence-corrected chi connectivity index (χ0v) is 17.3. The van der Waals surface area contributed by atoms with E-state index in [-0.39, 0.29) is 23.0 Å². The maximum Gasteiger partial charge on any atom is 0.163 e. The Hall–Kier alpha value is -1.96. The summed E-state index contributed by atoms with van der Waals surface area (Å²) in [7, 11) is 0. The maximum absolute atomic E-state index is 12.5. The smallest absolute Gasteiger partial charge is 0.163 e. The van der Waals surface area contributed by atoms with Crippen molar-refractivity contribution in [1.82, 2.24) is 0 Å². The summed E-state index contributed by atoms with van der Waals surface area (Å²) in [5.41, 5.74) is 6.22. The van der Waals surface area contributed by atoms with Gasteiger partial charge in [0.2, 0.25) is 0 Å². The van der Waals surface area contributed by atoms with E-state index in [0.29, 0.717) is 11.5 Å². The van der Waals surface area contributed by atoms with E-state index in [0.717, 1.165) is 37.5 Å². The normalized spacial score (nSPS) is 35.0. The second-order valence-electron chi connectivity index (χ2n) is 9.15. The molecule has 3 aliphatic rings. The minimum Gasteiger partial charge on any atom is -0.298 e. The highest BCUT2D eigenvalue weighted by Gasteiger charge is 2.48. The van der Waals surface area contributed by atoms with Crippen LogP contribution in [-0.4, -0.2) is 12.1 Å². The maximum atomic E-state index is 12.5. The Morgan fingerprint density at radius 1 is 1.26 bits per heavy atom. The van der Waals surface area contributed by atoms with Gasteiger partial charge in [0, 0.05) is 0 Å². The SMILES string of the molecule is CC(C)=C/C=C/C(C)=C1/CC[C@]2(C)C[C@@H]3C(C)=CC(=O)[C@@H]3C(C=O)=CC[C@@H]12. The van der Waals surface area contributed by atoms with Crippen LogP contribution in [0.25, 0.3) is 0 Å². The fraction of sp³-hybridized carbons (Fsp3) is 0.520. The van der Waals surface area contributed by atoms with E-state index in [4.69, 9.17) is 0 Å². The monoisotopic (exact) mass is 364 g/mol. The van der Waals surface area contributed by atoms with Gasteiger partial charge in [-0.15, -0.1) is 0 Å². The summed E-state index contributed by atoms with van der Waals surface area (Å²) in [5.74, 6) is 0.510. The molecule has 0 N–H and O–H groups in total. The Bertz CT molecular complexity index is 798. The van der Waals surface area contributed by atoms with Crippen LogP contribution < -0.4 is 0 Å². The number of hydrogen-bond donors (Lipinski definition) is 0. The average molecular weight is 365 g/mol. The van der Waals surface area contributed by atoms with Gasteiger partial charge in [0.25, 0.3) is 0 Å². The molecular formula is C25H32O2. The Balaban J connectivity index is 1.99. The van der Waals surface area contributed by atoms with E-state index in [2.05, 4.69) is 58.9 Å². The quantitative estimate of drug-likeness (QED) is 0.460. The molecular weight excluding hydrogens is 332 g/mol. The van der Waals surface area contributed by atoms with Crippen LogP contribution in [0.1, 0.15) is 60.3 Å². The van der Waals surface area contributed by atoms with E-state index in [1.165, 1.54) is 16.7 Å². The first kappa shape index (κ1) is 19.8. The number of carbonyl (C=O) groups is 2. The zero-order valence-electron chi connectivity index (χ0n) is 17.3. The van der Waals surface area contributed by atoms with Gasteiger partial charge in [-0.1, -0.05) is 53.5 Å². The van der Waals surface area contributed by atoms with Crippen LogP contribution in [0, 0.1) is 23.2 Å². The van der Waals surface area contributed by atoms with Gasteiger partial charge >= 0.3 is 0 Å². The van der Waals surface area contributed by atoms with Crippen LogP contribution in [0.4, 0.5) is 0 Å². The fourth-order valence-corrected chi connectivity index (χ4v) is 5.39. The van der Waals surface area contributed by atoms with E-state index < -0.39 is 0 Å². The minimum atomic E-state index is -0.244. The lowest BCUT2D eigenvalue weighted by atomic mass is 9.65. The topological polar surface area (TPSA) is 34.1 Å². The number of hydrogen-bond acceptors (Lipinski definition) is 2. The molecule has 2 nitrogen and oxygen atoms in total. The van der Waals surface area contributed by atoms with E-state index in [1.807, 2.05) is 0 Å². The van der Waals surface area contributed by atoms with Crippen molar-refractivity contribution < 1.29 is 9.59 Å². The summed E-state index contributed by atoms with van der Waals surface area (Å²) >= 11 is 0. The number of fused-ring (bicyclic) bond motifs is 2. The number of rotatable bonds is 3. The molecule has 0 aromatic carbocycles.